The lowest BCUT2D eigenvalue weighted by Crippen LogP contribution is -2.37. The SMILES string of the molecule is COC[C@@H](c1ccc(C(F)(F)F)cc1)[C@@H](N)CNc1nnc(-c2ccc3[nH]c(=O)oc3c2)s1. The van der Waals surface area contributed by atoms with E-state index in [2.05, 4.69) is 20.5 Å². The Morgan fingerprint density at radius 2 is 1.97 bits per heavy atom. The number of ether oxygens (including phenoxy) is 1. The fourth-order valence-corrected chi connectivity index (χ4v) is 4.15. The number of hydrogen-bond donors (Lipinski definition) is 3. The highest BCUT2D eigenvalue weighted by atomic mass is 32.1. The van der Waals surface area contributed by atoms with Crippen molar-refractivity contribution in [2.24, 2.45) is 5.73 Å². The van der Waals surface area contributed by atoms with Crippen LogP contribution in [0.15, 0.2) is 51.7 Å². The quantitative estimate of drug-likeness (QED) is 0.351. The van der Waals surface area contributed by atoms with Crippen molar-refractivity contribution < 1.29 is 22.3 Å². The molecular weight excluding hydrogens is 459 g/mol. The minimum absolute atomic E-state index is 0.247. The Morgan fingerprint density at radius 1 is 1.21 bits per heavy atom. The van der Waals surface area contributed by atoms with Crippen molar-refractivity contribution in [1.82, 2.24) is 15.2 Å². The van der Waals surface area contributed by atoms with E-state index in [1.54, 1.807) is 18.2 Å². The summed E-state index contributed by atoms with van der Waals surface area (Å²) in [6, 6.07) is 9.68. The lowest BCUT2D eigenvalue weighted by atomic mass is 9.92. The molecule has 0 unspecified atom stereocenters. The van der Waals surface area contributed by atoms with Crippen LogP contribution < -0.4 is 16.8 Å². The van der Waals surface area contributed by atoms with E-state index in [0.29, 0.717) is 33.3 Å². The van der Waals surface area contributed by atoms with Gasteiger partial charge in [0.2, 0.25) is 5.13 Å². The summed E-state index contributed by atoms with van der Waals surface area (Å²) in [6.07, 6.45) is -4.40. The topological polar surface area (TPSA) is 119 Å². The number of oxazole rings is 1. The van der Waals surface area contributed by atoms with Crippen molar-refractivity contribution in [2.45, 2.75) is 18.1 Å². The largest absolute Gasteiger partial charge is 0.417 e. The molecule has 0 aliphatic carbocycles. The lowest BCUT2D eigenvalue weighted by Gasteiger charge is -2.24. The van der Waals surface area contributed by atoms with Gasteiger partial charge in [-0.2, -0.15) is 13.2 Å². The van der Waals surface area contributed by atoms with Gasteiger partial charge >= 0.3 is 11.9 Å². The molecular formula is C21H20F3N5O3S. The number of rotatable bonds is 8. The number of fused-ring (bicyclic) bond motifs is 1. The molecule has 0 amide bonds. The monoisotopic (exact) mass is 479 g/mol. The zero-order valence-corrected chi connectivity index (χ0v) is 18.2. The van der Waals surface area contributed by atoms with Gasteiger partial charge in [0.25, 0.3) is 0 Å². The first-order valence-electron chi connectivity index (χ1n) is 9.87. The molecule has 2 atom stereocenters. The van der Waals surface area contributed by atoms with Crippen LogP contribution in [0, 0.1) is 0 Å². The van der Waals surface area contributed by atoms with Crippen LogP contribution >= 0.6 is 11.3 Å². The summed E-state index contributed by atoms with van der Waals surface area (Å²) < 4.78 is 48.9. The second-order valence-corrected chi connectivity index (χ2v) is 8.34. The summed E-state index contributed by atoms with van der Waals surface area (Å²) >= 11 is 1.29. The molecule has 8 nitrogen and oxygen atoms in total. The lowest BCUT2D eigenvalue weighted by molar-refractivity contribution is -0.137. The Labute approximate surface area is 189 Å². The number of alkyl halides is 3. The molecule has 4 N–H and O–H groups in total. The van der Waals surface area contributed by atoms with E-state index >= 15 is 0 Å². The van der Waals surface area contributed by atoms with Crippen LogP contribution in [-0.2, 0) is 10.9 Å². The number of aromatic amines is 1. The molecule has 0 radical (unpaired) electrons. The minimum atomic E-state index is -4.40. The summed E-state index contributed by atoms with van der Waals surface area (Å²) in [7, 11) is 1.51. The van der Waals surface area contributed by atoms with Crippen LogP contribution in [-0.4, -0.2) is 41.5 Å². The van der Waals surface area contributed by atoms with Crippen molar-refractivity contribution >= 4 is 27.6 Å². The van der Waals surface area contributed by atoms with Gasteiger partial charge in [-0.1, -0.05) is 23.5 Å². The first kappa shape index (κ1) is 23.0. The number of aromatic nitrogens is 3. The van der Waals surface area contributed by atoms with Crippen LogP contribution in [0.3, 0.4) is 0 Å². The Kier molecular flexibility index (Phi) is 6.49. The van der Waals surface area contributed by atoms with Crippen molar-refractivity contribution in [1.29, 1.82) is 0 Å². The van der Waals surface area contributed by atoms with E-state index in [4.69, 9.17) is 14.9 Å². The van der Waals surface area contributed by atoms with Crippen LogP contribution in [0.5, 0.6) is 0 Å². The number of halogens is 3. The number of nitrogens with zero attached hydrogens (tertiary/aromatic N) is 2. The molecule has 33 heavy (non-hydrogen) atoms. The van der Waals surface area contributed by atoms with E-state index in [1.807, 2.05) is 0 Å². The Morgan fingerprint density at radius 3 is 2.67 bits per heavy atom. The van der Waals surface area contributed by atoms with Gasteiger partial charge in [-0.15, -0.1) is 10.2 Å². The van der Waals surface area contributed by atoms with E-state index in [-0.39, 0.29) is 12.5 Å². The van der Waals surface area contributed by atoms with Gasteiger partial charge in [-0.05, 0) is 35.9 Å². The van der Waals surface area contributed by atoms with Crippen LogP contribution in [0.25, 0.3) is 21.7 Å². The number of nitrogens with one attached hydrogen (secondary N) is 2. The number of hydrogen-bond acceptors (Lipinski definition) is 8. The smallest absolute Gasteiger partial charge is 0.408 e. The van der Waals surface area contributed by atoms with Gasteiger partial charge in [-0.25, -0.2) is 4.79 Å². The first-order valence-corrected chi connectivity index (χ1v) is 10.7. The highest BCUT2D eigenvalue weighted by molar-refractivity contribution is 7.18. The van der Waals surface area contributed by atoms with Crippen LogP contribution in [0.2, 0.25) is 0 Å². The van der Waals surface area contributed by atoms with Crippen molar-refractivity contribution in [2.75, 3.05) is 25.6 Å². The summed E-state index contributed by atoms with van der Waals surface area (Å²) in [6.45, 7) is 0.548. The van der Waals surface area contributed by atoms with Gasteiger partial charge < -0.3 is 20.2 Å². The molecule has 2 aromatic heterocycles. The van der Waals surface area contributed by atoms with E-state index in [1.165, 1.54) is 30.6 Å². The van der Waals surface area contributed by atoms with E-state index in [0.717, 1.165) is 17.7 Å². The molecule has 0 bridgehead atoms. The summed E-state index contributed by atoms with van der Waals surface area (Å²) in [5.74, 6) is -0.856. The van der Waals surface area contributed by atoms with Gasteiger partial charge in [0.1, 0.15) is 5.01 Å². The third-order valence-corrected chi connectivity index (χ3v) is 6.04. The highest BCUT2D eigenvalue weighted by Gasteiger charge is 2.30. The fraction of sp³-hybridized carbons (Fsp3) is 0.286. The predicted molar refractivity (Wildman–Crippen MR) is 118 cm³/mol. The Bertz CT molecular complexity index is 1280. The Balaban J connectivity index is 1.43. The number of anilines is 1. The second kappa shape index (κ2) is 9.33. The van der Waals surface area contributed by atoms with Crippen molar-refractivity contribution in [3.05, 3.63) is 64.1 Å². The highest BCUT2D eigenvalue weighted by Crippen LogP contribution is 2.31. The molecule has 4 aromatic rings. The minimum Gasteiger partial charge on any atom is -0.408 e. The van der Waals surface area contributed by atoms with E-state index < -0.39 is 23.5 Å². The van der Waals surface area contributed by atoms with Crippen LogP contribution in [0.1, 0.15) is 17.0 Å². The van der Waals surface area contributed by atoms with Crippen molar-refractivity contribution in [3.63, 3.8) is 0 Å². The maximum absolute atomic E-state index is 12.8. The van der Waals surface area contributed by atoms with Gasteiger partial charge in [-0.3, -0.25) is 4.98 Å². The van der Waals surface area contributed by atoms with E-state index in [9.17, 15) is 18.0 Å². The molecule has 174 valence electrons. The molecule has 0 aliphatic heterocycles. The third kappa shape index (κ3) is 5.24. The average molecular weight is 479 g/mol. The predicted octanol–water partition coefficient (Wildman–Crippen LogP) is 3.83. The van der Waals surface area contributed by atoms with Crippen LogP contribution in [0.4, 0.5) is 18.3 Å². The first-order chi connectivity index (χ1) is 15.7. The zero-order chi connectivity index (χ0) is 23.6. The van der Waals surface area contributed by atoms with Gasteiger partial charge in [0.05, 0.1) is 17.7 Å². The molecule has 0 saturated heterocycles. The summed E-state index contributed by atoms with van der Waals surface area (Å²) in [5, 5.41) is 12.5. The number of benzene rings is 2. The standard InChI is InChI=1S/C21H20F3N5O3S/c1-31-10-14(11-2-5-13(6-3-11)21(22,23)24)15(25)9-26-19-29-28-18(33-19)12-4-7-16-17(8-12)32-20(30)27-16/h2-8,14-15H,9-10,25H2,1H3,(H,26,29)(H,27,30)/t14-,15-/m0/s1. The third-order valence-electron chi connectivity index (χ3n) is 5.11. The summed E-state index contributed by atoms with van der Waals surface area (Å²) in [5.41, 5.74) is 8.02. The molecule has 2 heterocycles. The van der Waals surface area contributed by atoms with Gasteiger partial charge in [0, 0.05) is 31.2 Å². The maximum atomic E-state index is 12.8. The Hall–Kier alpha value is -3.22. The maximum Gasteiger partial charge on any atom is 0.417 e. The molecule has 12 heteroatoms. The molecule has 0 spiro atoms. The van der Waals surface area contributed by atoms with Crippen molar-refractivity contribution in [3.8, 4) is 10.6 Å². The molecule has 0 fully saturated rings. The molecule has 0 aliphatic rings. The normalized spacial score (nSPS) is 13.8. The number of methoxy groups -OCH3 is 1. The molecule has 0 saturated carbocycles. The summed E-state index contributed by atoms with van der Waals surface area (Å²) in [4.78, 5) is 13.9. The number of H-pyrrole nitrogens is 1. The second-order valence-electron chi connectivity index (χ2n) is 7.36. The molecule has 4 rings (SSSR count). The fourth-order valence-electron chi connectivity index (χ4n) is 3.40. The molecule has 2 aromatic carbocycles. The average Bonchev–Trinajstić information content (AvgIpc) is 3.40. The number of nitrogens with two attached hydrogens (primary N) is 1. The van der Waals surface area contributed by atoms with Gasteiger partial charge in [0.15, 0.2) is 5.58 Å². The zero-order valence-electron chi connectivity index (χ0n) is 17.3.